The first-order chi connectivity index (χ1) is 7.77. The second kappa shape index (κ2) is 3.88. The van der Waals surface area contributed by atoms with Crippen LogP contribution in [0.4, 0.5) is 0 Å². The van der Waals surface area contributed by atoms with E-state index >= 15 is 0 Å². The van der Waals surface area contributed by atoms with Gasteiger partial charge in [0.1, 0.15) is 10.4 Å². The zero-order valence-corrected chi connectivity index (χ0v) is 11.0. The van der Waals surface area contributed by atoms with Crippen molar-refractivity contribution in [2.24, 2.45) is 0 Å². The molecule has 0 spiro atoms. The Morgan fingerprint density at radius 3 is 2.88 bits per heavy atom. The van der Waals surface area contributed by atoms with Gasteiger partial charge in [0.05, 0.1) is 5.52 Å². The number of hydrogen-bond donors (Lipinski definition) is 0. The summed E-state index contributed by atoms with van der Waals surface area (Å²) >= 11 is 3.58. The van der Waals surface area contributed by atoms with Gasteiger partial charge in [-0.15, -0.1) is 0 Å². The number of rotatable bonds is 1. The van der Waals surface area contributed by atoms with E-state index in [1.165, 1.54) is 42.6 Å². The molecule has 0 saturated heterocycles. The third-order valence-corrected chi connectivity index (χ3v) is 4.12. The topological polar surface area (TPSA) is 17.3 Å². The Balaban J connectivity index is 2.22. The van der Waals surface area contributed by atoms with Gasteiger partial charge in [-0.3, -0.25) is 0 Å². The number of nitrogens with zero attached hydrogens (tertiary/aromatic N) is 2. The fourth-order valence-electron chi connectivity index (χ4n) is 2.75. The number of fused-ring (bicyclic) bond motifs is 1. The first kappa shape index (κ1) is 10.3. The highest BCUT2D eigenvalue weighted by molar-refractivity contribution is 9.10. The quantitative estimate of drug-likeness (QED) is 0.769. The molecule has 1 aliphatic rings. The average Bonchev–Trinajstić information content (AvgIpc) is 2.86. The van der Waals surface area contributed by atoms with E-state index in [1.54, 1.807) is 0 Å². The molecule has 2 nitrogen and oxygen atoms in total. The summed E-state index contributed by atoms with van der Waals surface area (Å²) in [4.78, 5) is 4.71. The Hall–Kier alpha value is -0.830. The SMILES string of the molecule is Cc1cccn2c(C3CCCC3)nc(Br)c12. The lowest BCUT2D eigenvalue weighted by Gasteiger charge is -2.08. The highest BCUT2D eigenvalue weighted by atomic mass is 79.9. The molecule has 0 bridgehead atoms. The molecule has 0 unspecified atom stereocenters. The number of halogens is 1. The molecule has 2 heterocycles. The third-order valence-electron chi connectivity index (χ3n) is 3.57. The van der Waals surface area contributed by atoms with Crippen molar-refractivity contribution in [2.45, 2.75) is 38.5 Å². The van der Waals surface area contributed by atoms with Crippen LogP contribution in [0.2, 0.25) is 0 Å². The van der Waals surface area contributed by atoms with E-state index in [0.717, 1.165) is 4.60 Å². The maximum atomic E-state index is 4.71. The lowest BCUT2D eigenvalue weighted by molar-refractivity contribution is 0.664. The summed E-state index contributed by atoms with van der Waals surface area (Å²) in [6.45, 7) is 2.14. The highest BCUT2D eigenvalue weighted by Crippen LogP contribution is 2.35. The minimum atomic E-state index is 0.653. The maximum Gasteiger partial charge on any atom is 0.132 e. The average molecular weight is 279 g/mol. The van der Waals surface area contributed by atoms with Crippen molar-refractivity contribution in [1.29, 1.82) is 0 Å². The lowest BCUT2D eigenvalue weighted by Crippen LogP contribution is -2.00. The second-order valence-corrected chi connectivity index (χ2v) is 5.40. The summed E-state index contributed by atoms with van der Waals surface area (Å²) in [5, 5.41) is 0. The molecule has 16 heavy (non-hydrogen) atoms. The second-order valence-electron chi connectivity index (χ2n) is 4.65. The Labute approximate surface area is 104 Å². The largest absolute Gasteiger partial charge is 0.302 e. The predicted molar refractivity (Wildman–Crippen MR) is 68.8 cm³/mol. The molecule has 3 rings (SSSR count). The van der Waals surface area contributed by atoms with Crippen LogP contribution in [0.25, 0.3) is 5.52 Å². The predicted octanol–water partition coefficient (Wildman–Crippen LogP) is 4.06. The van der Waals surface area contributed by atoms with E-state index in [4.69, 9.17) is 4.98 Å². The summed E-state index contributed by atoms with van der Waals surface area (Å²) in [6.07, 6.45) is 7.42. The van der Waals surface area contributed by atoms with Crippen molar-refractivity contribution in [3.63, 3.8) is 0 Å². The Morgan fingerprint density at radius 1 is 1.38 bits per heavy atom. The molecular weight excluding hydrogens is 264 g/mol. The Kier molecular flexibility index (Phi) is 2.51. The van der Waals surface area contributed by atoms with Crippen molar-refractivity contribution in [3.05, 3.63) is 34.3 Å². The molecule has 1 aliphatic carbocycles. The van der Waals surface area contributed by atoms with Gasteiger partial charge in [0.2, 0.25) is 0 Å². The van der Waals surface area contributed by atoms with Gasteiger partial charge in [-0.1, -0.05) is 18.9 Å². The van der Waals surface area contributed by atoms with Gasteiger partial charge in [0.15, 0.2) is 0 Å². The standard InChI is InChI=1S/C13H15BrN2/c1-9-5-4-8-16-11(9)12(14)15-13(16)10-6-2-3-7-10/h4-5,8,10H,2-3,6-7H2,1H3. The number of pyridine rings is 1. The van der Waals surface area contributed by atoms with Gasteiger partial charge in [0.25, 0.3) is 0 Å². The maximum absolute atomic E-state index is 4.71. The van der Waals surface area contributed by atoms with Crippen LogP contribution in [0.3, 0.4) is 0 Å². The number of imidazole rings is 1. The molecular formula is C13H15BrN2. The van der Waals surface area contributed by atoms with Crippen LogP contribution < -0.4 is 0 Å². The molecule has 2 aromatic rings. The summed E-state index contributed by atoms with van der Waals surface area (Å²) in [6, 6.07) is 4.25. The molecule has 84 valence electrons. The molecule has 0 N–H and O–H groups in total. The monoisotopic (exact) mass is 278 g/mol. The van der Waals surface area contributed by atoms with Gasteiger partial charge < -0.3 is 4.40 Å². The van der Waals surface area contributed by atoms with Crippen LogP contribution in [0.1, 0.15) is 43.0 Å². The van der Waals surface area contributed by atoms with Crippen LogP contribution >= 0.6 is 15.9 Å². The Bertz CT molecular complexity index is 524. The van der Waals surface area contributed by atoms with Crippen LogP contribution in [0.15, 0.2) is 22.9 Å². The van der Waals surface area contributed by atoms with E-state index < -0.39 is 0 Å². The lowest BCUT2D eigenvalue weighted by atomic mass is 10.1. The van der Waals surface area contributed by atoms with E-state index in [1.807, 2.05) is 0 Å². The van der Waals surface area contributed by atoms with Gasteiger partial charge in [-0.2, -0.15) is 0 Å². The van der Waals surface area contributed by atoms with Gasteiger partial charge in [-0.25, -0.2) is 4.98 Å². The normalized spacial score (nSPS) is 17.4. The van der Waals surface area contributed by atoms with Crippen molar-refractivity contribution < 1.29 is 0 Å². The van der Waals surface area contributed by atoms with E-state index in [0.29, 0.717) is 5.92 Å². The smallest absolute Gasteiger partial charge is 0.132 e. The molecule has 1 saturated carbocycles. The summed E-state index contributed by atoms with van der Waals surface area (Å²) < 4.78 is 3.25. The number of aromatic nitrogens is 2. The number of aryl methyl sites for hydroxylation is 1. The summed E-state index contributed by atoms with van der Waals surface area (Å²) in [7, 11) is 0. The minimum Gasteiger partial charge on any atom is -0.302 e. The third kappa shape index (κ3) is 1.49. The highest BCUT2D eigenvalue weighted by Gasteiger charge is 2.23. The van der Waals surface area contributed by atoms with Crippen molar-refractivity contribution >= 4 is 21.4 Å². The molecule has 1 fully saturated rings. The van der Waals surface area contributed by atoms with Crippen LogP contribution in [-0.2, 0) is 0 Å². The zero-order valence-electron chi connectivity index (χ0n) is 9.41. The molecule has 2 aromatic heterocycles. The Morgan fingerprint density at radius 2 is 2.12 bits per heavy atom. The van der Waals surface area contributed by atoms with Gasteiger partial charge >= 0.3 is 0 Å². The number of hydrogen-bond acceptors (Lipinski definition) is 1. The van der Waals surface area contributed by atoms with Crippen molar-refractivity contribution in [3.8, 4) is 0 Å². The zero-order chi connectivity index (χ0) is 11.1. The van der Waals surface area contributed by atoms with Crippen molar-refractivity contribution in [2.75, 3.05) is 0 Å². The fourth-order valence-corrected chi connectivity index (χ4v) is 3.43. The first-order valence-corrected chi connectivity index (χ1v) is 6.70. The molecule has 0 amide bonds. The van der Waals surface area contributed by atoms with Crippen LogP contribution in [-0.4, -0.2) is 9.38 Å². The van der Waals surface area contributed by atoms with E-state index in [-0.39, 0.29) is 0 Å². The summed E-state index contributed by atoms with van der Waals surface area (Å²) in [5.74, 6) is 1.89. The molecule has 0 aromatic carbocycles. The molecule has 3 heteroatoms. The molecule has 0 radical (unpaired) electrons. The fraction of sp³-hybridized carbons (Fsp3) is 0.462. The van der Waals surface area contributed by atoms with Gasteiger partial charge in [0, 0.05) is 12.1 Å². The molecule has 0 atom stereocenters. The van der Waals surface area contributed by atoms with Gasteiger partial charge in [-0.05, 0) is 47.3 Å². The van der Waals surface area contributed by atoms with Crippen LogP contribution in [0, 0.1) is 6.92 Å². The van der Waals surface area contributed by atoms with E-state index in [2.05, 4.69) is 45.6 Å². The minimum absolute atomic E-state index is 0.653. The summed E-state index contributed by atoms with van der Waals surface area (Å²) in [5.41, 5.74) is 2.51. The van der Waals surface area contributed by atoms with E-state index in [9.17, 15) is 0 Å². The molecule has 0 aliphatic heterocycles. The van der Waals surface area contributed by atoms with Crippen LogP contribution in [0.5, 0.6) is 0 Å². The van der Waals surface area contributed by atoms with Crippen molar-refractivity contribution in [1.82, 2.24) is 9.38 Å². The first-order valence-electron chi connectivity index (χ1n) is 5.90.